The van der Waals surface area contributed by atoms with E-state index >= 15 is 0 Å². The molecule has 0 saturated heterocycles. The summed E-state index contributed by atoms with van der Waals surface area (Å²) in [5, 5.41) is 22.4. The maximum absolute atomic E-state index is 14.9. The highest BCUT2D eigenvalue weighted by atomic mass is 32.2. The van der Waals surface area contributed by atoms with Gasteiger partial charge in [0.15, 0.2) is 14.6 Å². The fraction of sp³-hybridized carbons (Fsp3) is 0.391. The number of sulfone groups is 1. The van der Waals surface area contributed by atoms with E-state index in [1.165, 1.54) is 18.5 Å². The summed E-state index contributed by atoms with van der Waals surface area (Å²) in [6, 6.07) is 11.9. The Kier molecular flexibility index (Phi) is 7.20. The zero-order valence-electron chi connectivity index (χ0n) is 18.6. The molecule has 0 spiro atoms. The van der Waals surface area contributed by atoms with Gasteiger partial charge in [-0.1, -0.05) is 41.6 Å². The van der Waals surface area contributed by atoms with E-state index in [2.05, 4.69) is 5.16 Å². The summed E-state index contributed by atoms with van der Waals surface area (Å²) in [7, 11) is -3.88. The van der Waals surface area contributed by atoms with Crippen LogP contribution in [0.25, 0.3) is 11.1 Å². The number of hydrogen-bond acceptors (Lipinski definition) is 7. The van der Waals surface area contributed by atoms with Crippen molar-refractivity contribution in [2.24, 2.45) is 5.16 Å². The minimum absolute atomic E-state index is 0.177. The number of halogens is 1. The van der Waals surface area contributed by atoms with Crippen molar-refractivity contribution >= 4 is 21.5 Å². The molecule has 1 amide bonds. The van der Waals surface area contributed by atoms with Crippen molar-refractivity contribution in [2.75, 3.05) is 6.26 Å². The summed E-state index contributed by atoms with van der Waals surface area (Å²) < 4.78 is 37.3. The van der Waals surface area contributed by atoms with E-state index in [1.54, 1.807) is 31.2 Å². The molecular formula is C23H27FN2O6S. The number of benzene rings is 2. The zero-order chi connectivity index (χ0) is 24.4. The Balaban J connectivity index is 1.74. The first-order valence-electron chi connectivity index (χ1n) is 10.4. The molecule has 0 saturated carbocycles. The van der Waals surface area contributed by atoms with E-state index in [0.717, 1.165) is 11.8 Å². The average Bonchev–Trinajstić information content (AvgIpc) is 3.20. The molecule has 1 aliphatic heterocycles. The Labute approximate surface area is 192 Å². The number of nitrogens with one attached hydrogen (secondary N) is 1. The van der Waals surface area contributed by atoms with Gasteiger partial charge in [-0.2, -0.15) is 0 Å². The molecule has 3 atom stereocenters. The van der Waals surface area contributed by atoms with Gasteiger partial charge in [0.2, 0.25) is 0 Å². The molecule has 0 radical (unpaired) electrons. The van der Waals surface area contributed by atoms with E-state index in [1.807, 2.05) is 12.1 Å². The highest BCUT2D eigenvalue weighted by molar-refractivity contribution is 7.92. The molecule has 3 rings (SSSR count). The fourth-order valence-corrected chi connectivity index (χ4v) is 4.63. The molecule has 2 aromatic rings. The lowest BCUT2D eigenvalue weighted by molar-refractivity contribution is -0.132. The van der Waals surface area contributed by atoms with Crippen LogP contribution in [0.2, 0.25) is 0 Å². The number of amides is 1. The van der Waals surface area contributed by atoms with Gasteiger partial charge in [-0.3, -0.25) is 10.0 Å². The SMILES string of the molecule is C[C@@H](O)Cc1ccc(-c2ccc(C3=NO[C@@H](C[C@](C)(C(=O)NO)S(C)(=O)=O)C3)cc2F)cc1. The molecule has 8 nitrogen and oxygen atoms in total. The van der Waals surface area contributed by atoms with Crippen LogP contribution in [0, 0.1) is 5.82 Å². The lowest BCUT2D eigenvalue weighted by Crippen LogP contribution is -2.51. The fourth-order valence-electron chi connectivity index (χ4n) is 3.76. The molecule has 2 aromatic carbocycles. The Morgan fingerprint density at radius 3 is 2.45 bits per heavy atom. The first kappa shape index (κ1) is 24.8. The van der Waals surface area contributed by atoms with E-state index in [4.69, 9.17) is 10.0 Å². The van der Waals surface area contributed by atoms with Crippen LogP contribution in [-0.2, 0) is 25.9 Å². The van der Waals surface area contributed by atoms with Crippen molar-refractivity contribution in [3.8, 4) is 11.1 Å². The van der Waals surface area contributed by atoms with Gasteiger partial charge in [0.1, 0.15) is 11.9 Å². The Hall–Kier alpha value is -2.82. The van der Waals surface area contributed by atoms with Crippen LogP contribution in [0.15, 0.2) is 47.6 Å². The molecule has 1 heterocycles. The molecule has 3 N–H and O–H groups in total. The van der Waals surface area contributed by atoms with Crippen LogP contribution < -0.4 is 5.48 Å². The average molecular weight is 479 g/mol. The number of carbonyl (C=O) groups excluding carboxylic acids is 1. The summed E-state index contributed by atoms with van der Waals surface area (Å²) in [6.45, 7) is 2.91. The van der Waals surface area contributed by atoms with Gasteiger partial charge in [0, 0.05) is 30.2 Å². The lowest BCUT2D eigenvalue weighted by atomic mass is 9.95. The first-order valence-corrected chi connectivity index (χ1v) is 12.3. The quantitative estimate of drug-likeness (QED) is 0.396. The number of aliphatic hydroxyl groups is 1. The standard InChI is InChI=1S/C23H27FN2O6S/c1-14(27)10-15-4-6-16(7-5-15)19-9-8-17(11-20(19)24)21-12-18(32-26-21)13-23(2,22(28)25-29)33(3,30)31/h4-9,11,14,18,27,29H,10,12-13H2,1-3H3,(H,25,28)/t14-,18-,23-/m1/s1. The molecule has 0 aromatic heterocycles. The molecule has 0 unspecified atom stereocenters. The summed E-state index contributed by atoms with van der Waals surface area (Å²) in [5.74, 6) is -1.51. The number of hydrogen-bond donors (Lipinski definition) is 3. The number of aliphatic hydroxyl groups excluding tert-OH is 1. The van der Waals surface area contributed by atoms with Crippen LogP contribution in [0.4, 0.5) is 4.39 Å². The largest absolute Gasteiger partial charge is 0.393 e. The van der Waals surface area contributed by atoms with Crippen molar-refractivity contribution in [3.05, 3.63) is 59.4 Å². The Morgan fingerprint density at radius 2 is 1.91 bits per heavy atom. The van der Waals surface area contributed by atoms with Crippen molar-refractivity contribution in [1.29, 1.82) is 0 Å². The second-order valence-electron chi connectivity index (χ2n) is 8.56. The molecule has 0 fully saturated rings. The highest BCUT2D eigenvalue weighted by Crippen LogP contribution is 2.31. The van der Waals surface area contributed by atoms with Gasteiger partial charge in [0.05, 0.1) is 11.8 Å². The molecular weight excluding hydrogens is 451 g/mol. The summed E-state index contributed by atoms with van der Waals surface area (Å²) in [5.41, 5.74) is 4.35. The monoisotopic (exact) mass is 478 g/mol. The van der Waals surface area contributed by atoms with Gasteiger partial charge in [-0.15, -0.1) is 0 Å². The number of oxime groups is 1. The van der Waals surface area contributed by atoms with Crippen LogP contribution in [0.5, 0.6) is 0 Å². The third-order valence-corrected chi connectivity index (χ3v) is 7.84. The topological polar surface area (TPSA) is 125 Å². The maximum atomic E-state index is 14.9. The molecule has 0 aliphatic carbocycles. The lowest BCUT2D eigenvalue weighted by Gasteiger charge is -2.26. The van der Waals surface area contributed by atoms with Crippen molar-refractivity contribution in [1.82, 2.24) is 5.48 Å². The van der Waals surface area contributed by atoms with E-state index in [-0.39, 0.29) is 12.8 Å². The van der Waals surface area contributed by atoms with Gasteiger partial charge < -0.3 is 9.94 Å². The second-order valence-corrected chi connectivity index (χ2v) is 11.0. The van der Waals surface area contributed by atoms with Gasteiger partial charge >= 0.3 is 0 Å². The predicted octanol–water partition coefficient (Wildman–Crippen LogP) is 2.61. The smallest absolute Gasteiger partial charge is 0.264 e. The van der Waals surface area contributed by atoms with Gasteiger partial charge in [-0.25, -0.2) is 18.3 Å². The van der Waals surface area contributed by atoms with Crippen molar-refractivity contribution < 1.29 is 32.8 Å². The summed E-state index contributed by atoms with van der Waals surface area (Å²) in [4.78, 5) is 17.3. The highest BCUT2D eigenvalue weighted by Gasteiger charge is 2.47. The Bertz CT molecular complexity index is 1160. The third kappa shape index (κ3) is 5.40. The van der Waals surface area contributed by atoms with E-state index < -0.39 is 38.5 Å². The number of hydroxylamine groups is 1. The minimum Gasteiger partial charge on any atom is -0.393 e. The van der Waals surface area contributed by atoms with E-state index in [0.29, 0.717) is 28.8 Å². The molecule has 33 heavy (non-hydrogen) atoms. The van der Waals surface area contributed by atoms with Crippen LogP contribution in [0.1, 0.15) is 37.8 Å². The van der Waals surface area contributed by atoms with Crippen LogP contribution in [-0.4, -0.2) is 53.6 Å². The normalized spacial score (nSPS) is 18.7. The van der Waals surface area contributed by atoms with Crippen molar-refractivity contribution in [2.45, 2.75) is 50.1 Å². The van der Waals surface area contributed by atoms with Gasteiger partial charge in [-0.05, 0) is 37.5 Å². The molecule has 1 aliphatic rings. The number of carbonyl (C=O) groups is 1. The summed E-state index contributed by atoms with van der Waals surface area (Å²) >= 11 is 0. The second kappa shape index (κ2) is 9.58. The molecule has 178 valence electrons. The predicted molar refractivity (Wildman–Crippen MR) is 121 cm³/mol. The maximum Gasteiger partial charge on any atom is 0.264 e. The van der Waals surface area contributed by atoms with E-state index in [9.17, 15) is 22.7 Å². The van der Waals surface area contributed by atoms with Gasteiger partial charge in [0.25, 0.3) is 5.91 Å². The van der Waals surface area contributed by atoms with Crippen LogP contribution in [0.3, 0.4) is 0 Å². The van der Waals surface area contributed by atoms with Crippen LogP contribution >= 0.6 is 0 Å². The zero-order valence-corrected chi connectivity index (χ0v) is 19.4. The molecule has 10 heteroatoms. The number of nitrogens with zero attached hydrogens (tertiary/aromatic N) is 1. The summed E-state index contributed by atoms with van der Waals surface area (Å²) in [6.07, 6.45) is 0.173. The molecule has 0 bridgehead atoms. The minimum atomic E-state index is -3.88. The Morgan fingerprint density at radius 1 is 1.27 bits per heavy atom. The van der Waals surface area contributed by atoms with Crippen molar-refractivity contribution in [3.63, 3.8) is 0 Å². The first-order chi connectivity index (χ1) is 15.4. The third-order valence-electron chi connectivity index (χ3n) is 5.85. The number of rotatable bonds is 8.